The highest BCUT2D eigenvalue weighted by atomic mass is 19.4. The highest BCUT2D eigenvalue weighted by Gasteiger charge is 2.32. The summed E-state index contributed by atoms with van der Waals surface area (Å²) in [5.74, 6) is -0.284. The smallest absolute Gasteiger partial charge is 0.369 e. The van der Waals surface area contributed by atoms with Crippen molar-refractivity contribution in [2.75, 3.05) is 37.6 Å². The molecule has 0 spiro atoms. The topological polar surface area (TPSA) is 35.6 Å². The minimum absolute atomic E-state index is 0.0986. The second-order valence-electron chi connectivity index (χ2n) is 8.72. The van der Waals surface area contributed by atoms with Gasteiger partial charge >= 0.3 is 6.18 Å². The molecule has 1 aliphatic heterocycles. The molecule has 1 aromatic carbocycles. The largest absolute Gasteiger partial charge is 0.397 e. The average molecular weight is 426 g/mol. The first-order chi connectivity index (χ1) is 14.3. The Bertz CT molecular complexity index is 679. The first kappa shape index (κ1) is 22.9. The standard InChI is InChI=1S/C23H34F3N3O/c1-2-18-4-3-5-21(16-18)29-14-12-28(13-15-29)11-10-19-6-8-20(9-7-19)27-22(30)17-23(24,25)26/h3-5,16,19-20H,2,6-15,17H2,1H3,(H,27,30). The van der Waals surface area contributed by atoms with Crippen molar-refractivity contribution in [3.63, 3.8) is 0 Å². The third-order valence-electron chi connectivity index (χ3n) is 6.48. The summed E-state index contributed by atoms with van der Waals surface area (Å²) in [5, 5.41) is 2.56. The fourth-order valence-electron chi connectivity index (χ4n) is 4.62. The summed E-state index contributed by atoms with van der Waals surface area (Å²) in [4.78, 5) is 16.5. The third-order valence-corrected chi connectivity index (χ3v) is 6.48. The minimum atomic E-state index is -4.43. The number of benzene rings is 1. The number of carbonyl (C=O) groups excluding carboxylic acids is 1. The number of halogens is 3. The Labute approximate surface area is 177 Å². The molecule has 1 heterocycles. The van der Waals surface area contributed by atoms with Crippen LogP contribution in [0.1, 0.15) is 51.0 Å². The van der Waals surface area contributed by atoms with Crippen LogP contribution in [-0.4, -0.2) is 55.7 Å². The number of hydrogen-bond acceptors (Lipinski definition) is 3. The van der Waals surface area contributed by atoms with Gasteiger partial charge in [0.15, 0.2) is 0 Å². The van der Waals surface area contributed by atoms with Gasteiger partial charge in [0.2, 0.25) is 5.91 Å². The summed E-state index contributed by atoms with van der Waals surface area (Å²) < 4.78 is 36.9. The molecule has 1 amide bonds. The van der Waals surface area contributed by atoms with Gasteiger partial charge in [-0.1, -0.05) is 19.1 Å². The van der Waals surface area contributed by atoms with Gasteiger partial charge in [0.25, 0.3) is 0 Å². The normalized spacial score (nSPS) is 23.4. The highest BCUT2D eigenvalue weighted by molar-refractivity contribution is 5.76. The summed E-state index contributed by atoms with van der Waals surface area (Å²) in [6.45, 7) is 7.49. The van der Waals surface area contributed by atoms with Gasteiger partial charge in [0.05, 0.1) is 0 Å². The molecular weight excluding hydrogens is 391 g/mol. The van der Waals surface area contributed by atoms with Crippen LogP contribution in [0.15, 0.2) is 24.3 Å². The van der Waals surface area contributed by atoms with Crippen molar-refractivity contribution in [1.82, 2.24) is 10.2 Å². The van der Waals surface area contributed by atoms with E-state index in [4.69, 9.17) is 0 Å². The predicted octanol–water partition coefficient (Wildman–Crippen LogP) is 4.39. The van der Waals surface area contributed by atoms with E-state index in [1.54, 1.807) is 0 Å². The molecule has 0 aromatic heterocycles. The molecule has 1 aliphatic carbocycles. The van der Waals surface area contributed by atoms with Gasteiger partial charge in [-0.2, -0.15) is 13.2 Å². The number of nitrogens with one attached hydrogen (secondary N) is 1. The first-order valence-electron chi connectivity index (χ1n) is 11.2. The van der Waals surface area contributed by atoms with Crippen LogP contribution in [-0.2, 0) is 11.2 Å². The molecule has 4 nitrogen and oxygen atoms in total. The maximum Gasteiger partial charge on any atom is 0.397 e. The van der Waals surface area contributed by atoms with Gasteiger partial charge in [-0.25, -0.2) is 0 Å². The molecular formula is C23H34F3N3O. The SMILES string of the molecule is CCc1cccc(N2CCN(CCC3CCC(NC(=O)CC(F)(F)F)CC3)CC2)c1. The van der Waals surface area contributed by atoms with Crippen molar-refractivity contribution in [2.45, 2.75) is 64.1 Å². The zero-order valence-corrected chi connectivity index (χ0v) is 17.9. The maximum atomic E-state index is 12.3. The van der Waals surface area contributed by atoms with Gasteiger partial charge in [0, 0.05) is 37.9 Å². The number of carbonyl (C=O) groups is 1. The Hall–Kier alpha value is -1.76. The minimum Gasteiger partial charge on any atom is -0.369 e. The van der Waals surface area contributed by atoms with Crippen molar-refractivity contribution in [1.29, 1.82) is 0 Å². The summed E-state index contributed by atoms with van der Waals surface area (Å²) in [5.41, 5.74) is 2.69. The Balaban J connectivity index is 1.32. The molecule has 1 saturated carbocycles. The van der Waals surface area contributed by atoms with E-state index >= 15 is 0 Å². The Morgan fingerprint density at radius 1 is 1.10 bits per heavy atom. The van der Waals surface area contributed by atoms with Crippen LogP contribution in [0.25, 0.3) is 0 Å². The quantitative estimate of drug-likeness (QED) is 0.704. The molecule has 0 atom stereocenters. The fourth-order valence-corrected chi connectivity index (χ4v) is 4.62. The lowest BCUT2D eigenvalue weighted by atomic mass is 9.84. The van der Waals surface area contributed by atoms with Crippen molar-refractivity contribution < 1.29 is 18.0 Å². The predicted molar refractivity (Wildman–Crippen MR) is 114 cm³/mol. The molecule has 3 rings (SSSR count). The average Bonchev–Trinajstić information content (AvgIpc) is 2.72. The van der Waals surface area contributed by atoms with Crippen LogP contribution in [0.4, 0.5) is 18.9 Å². The summed E-state index contributed by atoms with van der Waals surface area (Å²) in [7, 11) is 0. The van der Waals surface area contributed by atoms with Gasteiger partial charge in [-0.05, 0) is 68.7 Å². The maximum absolute atomic E-state index is 12.3. The number of rotatable bonds is 7. The molecule has 1 N–H and O–H groups in total. The summed E-state index contributed by atoms with van der Waals surface area (Å²) in [6.07, 6.45) is -0.0601. The van der Waals surface area contributed by atoms with E-state index in [0.717, 1.165) is 71.2 Å². The summed E-state index contributed by atoms with van der Waals surface area (Å²) >= 11 is 0. The first-order valence-corrected chi connectivity index (χ1v) is 11.2. The lowest BCUT2D eigenvalue weighted by Gasteiger charge is -2.37. The summed E-state index contributed by atoms with van der Waals surface area (Å²) in [6, 6.07) is 8.71. The van der Waals surface area contributed by atoms with E-state index < -0.39 is 18.5 Å². The van der Waals surface area contributed by atoms with Crippen LogP contribution in [0.3, 0.4) is 0 Å². The number of aryl methyl sites for hydroxylation is 1. The molecule has 2 aliphatic rings. The lowest BCUT2D eigenvalue weighted by Crippen LogP contribution is -2.47. The van der Waals surface area contributed by atoms with Gasteiger partial charge in [-0.15, -0.1) is 0 Å². The molecule has 0 bridgehead atoms. The molecule has 168 valence electrons. The molecule has 2 fully saturated rings. The second kappa shape index (κ2) is 10.5. The Morgan fingerprint density at radius 2 is 1.80 bits per heavy atom. The van der Waals surface area contributed by atoms with Crippen molar-refractivity contribution >= 4 is 11.6 Å². The number of piperazine rings is 1. The number of alkyl halides is 3. The van der Waals surface area contributed by atoms with Crippen LogP contribution in [0.5, 0.6) is 0 Å². The Kier molecular flexibility index (Phi) is 8.03. The third kappa shape index (κ3) is 7.18. The van der Waals surface area contributed by atoms with Crippen LogP contribution in [0.2, 0.25) is 0 Å². The van der Waals surface area contributed by atoms with Crippen molar-refractivity contribution in [2.24, 2.45) is 5.92 Å². The van der Waals surface area contributed by atoms with Crippen LogP contribution >= 0.6 is 0 Å². The molecule has 1 aromatic rings. The van der Waals surface area contributed by atoms with Crippen LogP contribution < -0.4 is 10.2 Å². The lowest BCUT2D eigenvalue weighted by molar-refractivity contribution is -0.154. The molecule has 30 heavy (non-hydrogen) atoms. The van der Waals surface area contributed by atoms with E-state index in [-0.39, 0.29) is 6.04 Å². The van der Waals surface area contributed by atoms with E-state index in [0.29, 0.717) is 5.92 Å². The zero-order chi connectivity index (χ0) is 21.6. The highest BCUT2D eigenvalue weighted by Crippen LogP contribution is 2.28. The molecule has 1 saturated heterocycles. The van der Waals surface area contributed by atoms with E-state index in [9.17, 15) is 18.0 Å². The van der Waals surface area contributed by atoms with E-state index in [1.807, 2.05) is 0 Å². The molecule has 0 unspecified atom stereocenters. The number of amides is 1. The number of anilines is 1. The van der Waals surface area contributed by atoms with Gasteiger partial charge in [0.1, 0.15) is 6.42 Å². The molecule has 7 heteroatoms. The number of nitrogens with zero attached hydrogens (tertiary/aromatic N) is 2. The van der Waals surface area contributed by atoms with Crippen molar-refractivity contribution in [3.8, 4) is 0 Å². The Morgan fingerprint density at radius 3 is 2.43 bits per heavy atom. The zero-order valence-electron chi connectivity index (χ0n) is 17.9. The van der Waals surface area contributed by atoms with E-state index in [1.165, 1.54) is 11.3 Å². The van der Waals surface area contributed by atoms with Gasteiger partial charge in [-0.3, -0.25) is 9.69 Å². The van der Waals surface area contributed by atoms with Crippen molar-refractivity contribution in [3.05, 3.63) is 29.8 Å². The molecule has 0 radical (unpaired) electrons. The monoisotopic (exact) mass is 425 g/mol. The fraction of sp³-hybridized carbons (Fsp3) is 0.696. The second-order valence-corrected chi connectivity index (χ2v) is 8.72. The number of hydrogen-bond donors (Lipinski definition) is 1. The van der Waals surface area contributed by atoms with Gasteiger partial charge < -0.3 is 10.2 Å². The van der Waals surface area contributed by atoms with Crippen LogP contribution in [0, 0.1) is 5.92 Å². The van der Waals surface area contributed by atoms with E-state index in [2.05, 4.69) is 46.3 Å².